The van der Waals surface area contributed by atoms with E-state index in [0.29, 0.717) is 0 Å². The highest BCUT2D eigenvalue weighted by atomic mass is 15.1. The third kappa shape index (κ3) is 6.15. The van der Waals surface area contributed by atoms with Crippen molar-refractivity contribution >= 4 is 66.4 Å². The van der Waals surface area contributed by atoms with Crippen LogP contribution in [0.3, 0.4) is 0 Å². The fourth-order valence-electron chi connectivity index (χ4n) is 8.67. The maximum absolute atomic E-state index is 2.45. The molecule has 2 nitrogen and oxygen atoms in total. The van der Waals surface area contributed by atoms with Crippen LogP contribution in [0.15, 0.2) is 194 Å². The van der Waals surface area contributed by atoms with Gasteiger partial charge in [0.05, 0.1) is 11.4 Å². The molecule has 0 aliphatic heterocycles. The molecule has 0 atom stereocenters. The molecule has 0 aliphatic rings. The van der Waals surface area contributed by atoms with Gasteiger partial charge in [0.15, 0.2) is 0 Å². The van der Waals surface area contributed by atoms with E-state index in [4.69, 9.17) is 0 Å². The van der Waals surface area contributed by atoms with Crippen LogP contribution in [0.5, 0.6) is 0 Å². The molecule has 2 heteroatoms. The van der Waals surface area contributed by atoms with Crippen LogP contribution in [0.1, 0.15) is 22.3 Å². The number of rotatable bonds is 8. The largest absolute Gasteiger partial charge is 0.310 e. The molecule has 0 radical (unpaired) electrons. The molecule has 0 saturated carbocycles. The molecule has 58 heavy (non-hydrogen) atoms. The minimum atomic E-state index is 1.12. The smallest absolute Gasteiger partial charge is 0.0546 e. The first-order chi connectivity index (χ1) is 28.4. The zero-order valence-corrected chi connectivity index (χ0v) is 33.4. The van der Waals surface area contributed by atoms with Gasteiger partial charge in [-0.05, 0) is 121 Å². The summed E-state index contributed by atoms with van der Waals surface area (Å²) < 4.78 is 0. The number of nitrogens with zero attached hydrogens (tertiary/aromatic N) is 2. The standard InChI is InChI=1S/C56H44N2/c1-37-15-23-43(24-16-37)57(44-25-17-38(2)18-26-44)53-35-51(41-11-7-5-8-12-41)47-32-34-50-54(58(45-27-19-39(3)20-28-45)46-29-21-40(4)22-30-46)36-52(42-13-9-6-10-14-42)48-31-33-49(53)55(47)56(48)50/h5-36H,1-4H3. The third-order valence-electron chi connectivity index (χ3n) is 11.7. The van der Waals surface area contributed by atoms with Crippen LogP contribution in [0.2, 0.25) is 0 Å². The van der Waals surface area contributed by atoms with Gasteiger partial charge < -0.3 is 9.80 Å². The number of hydrogen-bond acceptors (Lipinski definition) is 2. The van der Waals surface area contributed by atoms with Gasteiger partial charge in [0.2, 0.25) is 0 Å². The fraction of sp³-hybridized carbons (Fsp3) is 0.0714. The Balaban J connectivity index is 1.37. The summed E-state index contributed by atoms with van der Waals surface area (Å²) in [7, 11) is 0. The summed E-state index contributed by atoms with van der Waals surface area (Å²) in [6.45, 7) is 8.62. The van der Waals surface area contributed by atoms with Crippen molar-refractivity contribution in [3.8, 4) is 22.3 Å². The second-order valence-electron chi connectivity index (χ2n) is 15.7. The molecular weight excluding hydrogens is 701 g/mol. The summed E-state index contributed by atoms with van der Waals surface area (Å²) in [4.78, 5) is 4.89. The van der Waals surface area contributed by atoms with Crippen molar-refractivity contribution in [2.24, 2.45) is 0 Å². The van der Waals surface area contributed by atoms with Crippen LogP contribution in [-0.4, -0.2) is 0 Å². The van der Waals surface area contributed by atoms with E-state index in [1.165, 1.54) is 76.8 Å². The van der Waals surface area contributed by atoms with Crippen LogP contribution in [0, 0.1) is 27.7 Å². The van der Waals surface area contributed by atoms with E-state index < -0.39 is 0 Å². The average Bonchev–Trinajstić information content (AvgIpc) is 3.26. The summed E-state index contributed by atoms with van der Waals surface area (Å²) >= 11 is 0. The molecule has 0 unspecified atom stereocenters. The summed E-state index contributed by atoms with van der Waals surface area (Å²) in [5, 5.41) is 7.43. The summed E-state index contributed by atoms with van der Waals surface area (Å²) in [6.07, 6.45) is 0. The van der Waals surface area contributed by atoms with Crippen molar-refractivity contribution in [3.63, 3.8) is 0 Å². The maximum atomic E-state index is 2.45. The third-order valence-corrected chi connectivity index (χ3v) is 11.7. The van der Waals surface area contributed by atoms with E-state index in [1.54, 1.807) is 0 Å². The van der Waals surface area contributed by atoms with Gasteiger partial charge in [-0.25, -0.2) is 0 Å². The lowest BCUT2D eigenvalue weighted by Gasteiger charge is -2.31. The Bertz CT molecular complexity index is 2740. The van der Waals surface area contributed by atoms with Crippen LogP contribution < -0.4 is 9.80 Å². The van der Waals surface area contributed by atoms with Gasteiger partial charge in [-0.1, -0.05) is 156 Å². The number of hydrogen-bond donors (Lipinski definition) is 0. The van der Waals surface area contributed by atoms with Crippen molar-refractivity contribution in [2.45, 2.75) is 27.7 Å². The number of anilines is 6. The fourth-order valence-corrected chi connectivity index (χ4v) is 8.67. The highest BCUT2D eigenvalue weighted by Crippen LogP contribution is 2.52. The van der Waals surface area contributed by atoms with E-state index in [-0.39, 0.29) is 0 Å². The molecule has 0 heterocycles. The minimum Gasteiger partial charge on any atom is -0.310 e. The van der Waals surface area contributed by atoms with Crippen LogP contribution in [0.25, 0.3) is 54.6 Å². The van der Waals surface area contributed by atoms with Gasteiger partial charge in [0.25, 0.3) is 0 Å². The molecule has 278 valence electrons. The van der Waals surface area contributed by atoms with E-state index in [9.17, 15) is 0 Å². The van der Waals surface area contributed by atoms with Crippen LogP contribution in [-0.2, 0) is 0 Å². The maximum Gasteiger partial charge on any atom is 0.0546 e. The van der Waals surface area contributed by atoms with Gasteiger partial charge in [0, 0.05) is 44.3 Å². The Morgan fingerprint density at radius 3 is 0.845 bits per heavy atom. The first kappa shape index (κ1) is 35.3. The number of benzene rings is 10. The van der Waals surface area contributed by atoms with Gasteiger partial charge in [-0.3, -0.25) is 0 Å². The van der Waals surface area contributed by atoms with E-state index >= 15 is 0 Å². The highest BCUT2D eigenvalue weighted by molar-refractivity contribution is 6.32. The van der Waals surface area contributed by atoms with Gasteiger partial charge in [0.1, 0.15) is 0 Å². The zero-order valence-electron chi connectivity index (χ0n) is 33.4. The average molecular weight is 745 g/mol. The zero-order chi connectivity index (χ0) is 39.3. The predicted molar refractivity (Wildman–Crippen MR) is 249 cm³/mol. The first-order valence-electron chi connectivity index (χ1n) is 20.2. The Morgan fingerprint density at radius 1 is 0.276 bits per heavy atom. The van der Waals surface area contributed by atoms with Crippen molar-refractivity contribution in [3.05, 3.63) is 216 Å². The molecule has 0 N–H and O–H groups in total. The lowest BCUT2D eigenvalue weighted by atomic mass is 9.85. The lowest BCUT2D eigenvalue weighted by molar-refractivity contribution is 1.28. The minimum absolute atomic E-state index is 1.12. The first-order valence-corrected chi connectivity index (χ1v) is 20.2. The van der Waals surface area contributed by atoms with Gasteiger partial charge in [-0.2, -0.15) is 0 Å². The molecule has 0 spiro atoms. The summed E-state index contributed by atoms with van der Waals surface area (Å²) in [6, 6.07) is 71.8. The molecule has 0 fully saturated rings. The van der Waals surface area contributed by atoms with Gasteiger partial charge in [-0.15, -0.1) is 0 Å². The Labute approximate surface area is 341 Å². The summed E-state index contributed by atoms with van der Waals surface area (Å²) in [5.41, 5.74) is 16.5. The molecule has 10 rings (SSSR count). The van der Waals surface area contributed by atoms with Crippen LogP contribution >= 0.6 is 0 Å². The van der Waals surface area contributed by atoms with Crippen LogP contribution in [0.4, 0.5) is 34.1 Å². The van der Waals surface area contributed by atoms with Crippen molar-refractivity contribution in [1.82, 2.24) is 0 Å². The second-order valence-corrected chi connectivity index (χ2v) is 15.7. The predicted octanol–water partition coefficient (Wildman–Crippen LogP) is 16.1. The van der Waals surface area contributed by atoms with E-state index in [2.05, 4.69) is 232 Å². The monoisotopic (exact) mass is 744 g/mol. The molecular formula is C56H44N2. The lowest BCUT2D eigenvalue weighted by Crippen LogP contribution is -2.12. The summed E-state index contributed by atoms with van der Waals surface area (Å²) in [5.74, 6) is 0. The second kappa shape index (κ2) is 14.4. The Morgan fingerprint density at radius 2 is 0.552 bits per heavy atom. The molecule has 0 aliphatic carbocycles. The quantitative estimate of drug-likeness (QED) is 0.143. The molecule has 0 saturated heterocycles. The molecule has 10 aromatic carbocycles. The van der Waals surface area contributed by atoms with E-state index in [1.807, 2.05) is 0 Å². The Kier molecular flexibility index (Phi) is 8.76. The normalized spacial score (nSPS) is 11.4. The molecule has 0 bridgehead atoms. The number of aryl methyl sites for hydroxylation is 4. The van der Waals surface area contributed by atoms with Crippen molar-refractivity contribution in [2.75, 3.05) is 9.80 Å². The van der Waals surface area contributed by atoms with E-state index in [0.717, 1.165) is 34.1 Å². The van der Waals surface area contributed by atoms with Crippen molar-refractivity contribution in [1.29, 1.82) is 0 Å². The van der Waals surface area contributed by atoms with Gasteiger partial charge >= 0.3 is 0 Å². The molecule has 10 aromatic rings. The molecule has 0 amide bonds. The SMILES string of the molecule is Cc1ccc(N(c2ccc(C)cc2)c2cc(-c3ccccc3)c3ccc4c(N(c5ccc(C)cc5)c5ccc(C)cc5)cc(-c5ccccc5)c5ccc2c3c54)cc1. The Hall–Kier alpha value is -7.16. The van der Waals surface area contributed by atoms with Crippen molar-refractivity contribution < 1.29 is 0 Å². The molecule has 0 aromatic heterocycles. The topological polar surface area (TPSA) is 6.48 Å². The highest BCUT2D eigenvalue weighted by Gasteiger charge is 2.25.